The zero-order chi connectivity index (χ0) is 15.3. The minimum Gasteiger partial charge on any atom is -0.247 e. The summed E-state index contributed by atoms with van der Waals surface area (Å²) < 4.78 is 26.8. The van der Waals surface area contributed by atoms with Crippen LogP contribution in [0.4, 0.5) is 0 Å². The van der Waals surface area contributed by atoms with Gasteiger partial charge in [-0.3, -0.25) is 0 Å². The summed E-state index contributed by atoms with van der Waals surface area (Å²) in [7, 11) is -3.39. The summed E-state index contributed by atoms with van der Waals surface area (Å²) in [5, 5.41) is 3.14. The smallest absolute Gasteiger partial charge is 0.240 e. The van der Waals surface area contributed by atoms with Crippen LogP contribution in [0.5, 0.6) is 0 Å². The van der Waals surface area contributed by atoms with Crippen LogP contribution >= 0.6 is 11.3 Å². The molecule has 0 bridgehead atoms. The van der Waals surface area contributed by atoms with E-state index < -0.39 is 10.0 Å². The second kappa shape index (κ2) is 7.15. The van der Waals surface area contributed by atoms with Crippen molar-refractivity contribution in [3.8, 4) is 0 Å². The summed E-state index contributed by atoms with van der Waals surface area (Å²) in [6.07, 6.45) is 1.68. The predicted molar refractivity (Wildman–Crippen MR) is 86.0 cm³/mol. The highest BCUT2D eigenvalue weighted by Gasteiger charge is 2.13. The van der Waals surface area contributed by atoms with Crippen molar-refractivity contribution in [3.63, 3.8) is 0 Å². The fourth-order valence-corrected chi connectivity index (χ4v) is 3.78. The Bertz CT molecular complexity index is 666. The first-order chi connectivity index (χ1) is 9.97. The van der Waals surface area contributed by atoms with Crippen molar-refractivity contribution in [3.05, 3.63) is 46.4 Å². The van der Waals surface area contributed by atoms with Crippen LogP contribution in [0.2, 0.25) is 0 Å². The van der Waals surface area contributed by atoms with E-state index in [1.807, 2.05) is 6.92 Å². The molecule has 21 heavy (non-hydrogen) atoms. The second-order valence-electron chi connectivity index (χ2n) is 5.17. The number of thiazole rings is 1. The molecule has 114 valence electrons. The van der Waals surface area contributed by atoms with Crippen LogP contribution in [0, 0.1) is 12.8 Å². The maximum absolute atomic E-state index is 12.1. The first-order valence-corrected chi connectivity index (χ1v) is 9.29. The molecule has 0 radical (unpaired) electrons. The molecule has 0 spiro atoms. The molecule has 2 aromatic rings. The lowest BCUT2D eigenvalue weighted by molar-refractivity contribution is 0.513. The minimum atomic E-state index is -3.39. The van der Waals surface area contributed by atoms with Gasteiger partial charge in [0.05, 0.1) is 15.6 Å². The lowest BCUT2D eigenvalue weighted by Gasteiger charge is -2.11. The number of benzene rings is 1. The summed E-state index contributed by atoms with van der Waals surface area (Å²) in [4.78, 5) is 4.75. The number of hydrogen-bond donors (Lipinski definition) is 1. The van der Waals surface area contributed by atoms with Gasteiger partial charge in [0.2, 0.25) is 10.0 Å². The van der Waals surface area contributed by atoms with Crippen LogP contribution in [0.1, 0.15) is 24.0 Å². The summed E-state index contributed by atoms with van der Waals surface area (Å²) in [6.45, 7) is 4.56. The molecule has 1 heterocycles. The van der Waals surface area contributed by atoms with Gasteiger partial charge in [0.1, 0.15) is 0 Å². The van der Waals surface area contributed by atoms with Crippen molar-refractivity contribution in [2.45, 2.75) is 31.6 Å². The van der Waals surface area contributed by atoms with Crippen molar-refractivity contribution in [1.82, 2.24) is 9.71 Å². The van der Waals surface area contributed by atoms with Gasteiger partial charge in [-0.05, 0) is 37.8 Å². The third kappa shape index (κ3) is 4.91. The zero-order valence-electron chi connectivity index (χ0n) is 12.2. The zero-order valence-corrected chi connectivity index (χ0v) is 13.9. The highest BCUT2D eigenvalue weighted by Crippen LogP contribution is 2.15. The van der Waals surface area contributed by atoms with Crippen molar-refractivity contribution in [1.29, 1.82) is 0 Å². The Morgan fingerprint density at radius 3 is 2.62 bits per heavy atom. The summed E-state index contributed by atoms with van der Waals surface area (Å²) in [5.41, 5.74) is 1.09. The minimum absolute atomic E-state index is 0.313. The van der Waals surface area contributed by atoms with Crippen LogP contribution in [0.25, 0.3) is 0 Å². The maximum atomic E-state index is 12.1. The van der Waals surface area contributed by atoms with Crippen LogP contribution in [-0.2, 0) is 16.4 Å². The average molecular weight is 324 g/mol. The summed E-state index contributed by atoms with van der Waals surface area (Å²) in [5.74, 6) is 0.393. The lowest BCUT2D eigenvalue weighted by Crippen LogP contribution is -2.26. The van der Waals surface area contributed by atoms with E-state index >= 15 is 0 Å². The van der Waals surface area contributed by atoms with Crippen LogP contribution in [0.15, 0.2) is 40.6 Å². The van der Waals surface area contributed by atoms with Gasteiger partial charge in [0, 0.05) is 11.9 Å². The van der Waals surface area contributed by atoms with Gasteiger partial charge in [-0.1, -0.05) is 25.1 Å². The molecule has 0 aliphatic heterocycles. The summed E-state index contributed by atoms with van der Waals surface area (Å²) in [6, 6.07) is 8.45. The van der Waals surface area contributed by atoms with E-state index in [4.69, 9.17) is 0 Å². The van der Waals surface area contributed by atoms with Crippen LogP contribution < -0.4 is 4.72 Å². The predicted octanol–water partition coefficient (Wildman–Crippen LogP) is 3.00. The first kappa shape index (κ1) is 16.1. The van der Waals surface area contributed by atoms with Gasteiger partial charge in [0.25, 0.3) is 0 Å². The van der Waals surface area contributed by atoms with E-state index in [0.29, 0.717) is 17.4 Å². The van der Waals surface area contributed by atoms with Gasteiger partial charge in [0.15, 0.2) is 0 Å². The van der Waals surface area contributed by atoms with E-state index in [0.717, 1.165) is 23.5 Å². The maximum Gasteiger partial charge on any atom is 0.240 e. The SMILES string of the molecule is Cc1nc(CC(C)CCNS(=O)(=O)c2ccccc2)cs1. The van der Waals surface area contributed by atoms with Gasteiger partial charge >= 0.3 is 0 Å². The van der Waals surface area contributed by atoms with E-state index in [1.54, 1.807) is 41.7 Å². The van der Waals surface area contributed by atoms with Gasteiger partial charge in [-0.25, -0.2) is 18.1 Å². The second-order valence-corrected chi connectivity index (χ2v) is 8.00. The van der Waals surface area contributed by atoms with Crippen molar-refractivity contribution >= 4 is 21.4 Å². The lowest BCUT2D eigenvalue weighted by atomic mass is 10.0. The van der Waals surface area contributed by atoms with E-state index in [1.165, 1.54) is 0 Å². The number of nitrogens with zero attached hydrogens (tertiary/aromatic N) is 1. The molecule has 0 fully saturated rings. The van der Waals surface area contributed by atoms with E-state index in [-0.39, 0.29) is 0 Å². The Kier molecular flexibility index (Phi) is 5.50. The molecule has 1 atom stereocenters. The number of nitrogens with one attached hydrogen (secondary N) is 1. The molecule has 0 saturated carbocycles. The molecule has 0 aliphatic carbocycles. The van der Waals surface area contributed by atoms with Crippen LogP contribution in [-0.4, -0.2) is 19.9 Å². The molecule has 4 nitrogen and oxygen atoms in total. The molecule has 1 unspecified atom stereocenters. The fourth-order valence-electron chi connectivity index (χ4n) is 2.08. The molecular formula is C15H20N2O2S2. The van der Waals surface area contributed by atoms with Gasteiger partial charge in [-0.15, -0.1) is 11.3 Å². The highest BCUT2D eigenvalue weighted by atomic mass is 32.2. The molecule has 2 rings (SSSR count). The Balaban J connectivity index is 1.81. The number of aryl methyl sites for hydroxylation is 1. The molecule has 1 N–H and O–H groups in total. The Morgan fingerprint density at radius 2 is 2.00 bits per heavy atom. The Morgan fingerprint density at radius 1 is 1.29 bits per heavy atom. The Labute approximate surface area is 130 Å². The van der Waals surface area contributed by atoms with Crippen molar-refractivity contribution in [2.24, 2.45) is 5.92 Å². The Hall–Kier alpha value is -1.24. The molecule has 1 aromatic carbocycles. The number of hydrogen-bond acceptors (Lipinski definition) is 4. The molecule has 0 amide bonds. The third-order valence-corrected chi connectivity index (χ3v) is 5.51. The third-order valence-electron chi connectivity index (χ3n) is 3.21. The molecule has 0 aliphatic rings. The van der Waals surface area contributed by atoms with Crippen LogP contribution in [0.3, 0.4) is 0 Å². The van der Waals surface area contributed by atoms with Gasteiger partial charge in [-0.2, -0.15) is 0 Å². The average Bonchev–Trinajstić information content (AvgIpc) is 2.85. The number of sulfonamides is 1. The monoisotopic (exact) mass is 324 g/mol. The fraction of sp³-hybridized carbons (Fsp3) is 0.400. The number of aromatic nitrogens is 1. The quantitative estimate of drug-likeness (QED) is 0.852. The molecule has 0 saturated heterocycles. The standard InChI is InChI=1S/C15H20N2O2S2/c1-12(10-14-11-20-13(2)17-14)8-9-16-21(18,19)15-6-4-3-5-7-15/h3-7,11-12,16H,8-10H2,1-2H3. The topological polar surface area (TPSA) is 59.1 Å². The summed E-state index contributed by atoms with van der Waals surface area (Å²) >= 11 is 1.65. The first-order valence-electron chi connectivity index (χ1n) is 6.93. The molecule has 1 aromatic heterocycles. The normalized spacial score (nSPS) is 13.2. The van der Waals surface area contributed by atoms with Crippen molar-refractivity contribution < 1.29 is 8.42 Å². The molecular weight excluding hydrogens is 304 g/mol. The highest BCUT2D eigenvalue weighted by molar-refractivity contribution is 7.89. The largest absolute Gasteiger partial charge is 0.247 e. The van der Waals surface area contributed by atoms with Gasteiger partial charge < -0.3 is 0 Å². The van der Waals surface area contributed by atoms with E-state index in [9.17, 15) is 8.42 Å². The number of rotatable bonds is 7. The molecule has 6 heteroatoms. The van der Waals surface area contributed by atoms with Crippen molar-refractivity contribution in [2.75, 3.05) is 6.54 Å². The van der Waals surface area contributed by atoms with E-state index in [2.05, 4.69) is 22.0 Å².